The van der Waals surface area contributed by atoms with E-state index in [0.29, 0.717) is 0 Å². The van der Waals surface area contributed by atoms with Crippen molar-refractivity contribution in [3.05, 3.63) is 63.9 Å². The Balaban J connectivity index is 2.21. The Morgan fingerprint density at radius 3 is 2.55 bits per heavy atom. The van der Waals surface area contributed by atoms with Crippen LogP contribution in [0.5, 0.6) is 0 Å². The number of carbonyl (C=O) groups is 1. The molecule has 6 heteroatoms. The smallest absolute Gasteiger partial charge is 0.257 e. The molecule has 0 aliphatic carbocycles. The van der Waals surface area contributed by atoms with Gasteiger partial charge < -0.3 is 5.32 Å². The Hall–Kier alpha value is -1.82. The average Bonchev–Trinajstić information content (AvgIpc) is 2.38. The van der Waals surface area contributed by atoms with E-state index in [-0.39, 0.29) is 4.47 Å². The van der Waals surface area contributed by atoms with Gasteiger partial charge in [0.15, 0.2) is 0 Å². The maximum absolute atomic E-state index is 13.7. The van der Waals surface area contributed by atoms with Gasteiger partial charge in [0.25, 0.3) is 5.91 Å². The van der Waals surface area contributed by atoms with Crippen molar-refractivity contribution >= 4 is 21.8 Å². The van der Waals surface area contributed by atoms with Crippen LogP contribution in [-0.2, 0) is 0 Å². The summed E-state index contributed by atoms with van der Waals surface area (Å²) in [6.45, 7) is 1.71. The summed E-state index contributed by atoms with van der Waals surface area (Å²) in [5, 5.41) is 2.54. The van der Waals surface area contributed by atoms with Crippen LogP contribution >= 0.6 is 15.9 Å². The summed E-state index contributed by atoms with van der Waals surface area (Å²) in [7, 11) is 0. The van der Waals surface area contributed by atoms with Crippen molar-refractivity contribution in [1.29, 1.82) is 0 Å². The van der Waals surface area contributed by atoms with E-state index >= 15 is 0 Å². The molecule has 0 saturated carbocycles. The van der Waals surface area contributed by atoms with Crippen molar-refractivity contribution in [2.24, 2.45) is 0 Å². The third kappa shape index (κ3) is 3.19. The Kier molecular flexibility index (Phi) is 4.44. The monoisotopic (exact) mass is 340 g/mol. The molecule has 0 bridgehead atoms. The number of hydrogen-bond donors (Lipinski definition) is 1. The van der Waals surface area contributed by atoms with Crippen LogP contribution in [0.15, 0.2) is 41.1 Å². The lowest BCUT2D eigenvalue weighted by atomic mass is 10.1. The number of hydrogen-bond acceptors (Lipinski definition) is 2. The SMILES string of the molecule is CC(NC(=O)c1c(F)cc(Br)cc1F)c1cccnc1. The molecule has 20 heavy (non-hydrogen) atoms. The fraction of sp³-hybridized carbons (Fsp3) is 0.143. The predicted molar refractivity (Wildman–Crippen MR) is 74.2 cm³/mol. The molecule has 1 amide bonds. The molecule has 0 aliphatic rings. The van der Waals surface area contributed by atoms with Crippen molar-refractivity contribution in [3.8, 4) is 0 Å². The summed E-state index contributed by atoms with van der Waals surface area (Å²) in [5.74, 6) is -2.62. The van der Waals surface area contributed by atoms with Crippen LogP contribution in [-0.4, -0.2) is 10.9 Å². The second-order valence-corrected chi connectivity index (χ2v) is 5.14. The Bertz CT molecular complexity index is 611. The van der Waals surface area contributed by atoms with E-state index in [4.69, 9.17) is 0 Å². The Labute approximate surface area is 123 Å². The van der Waals surface area contributed by atoms with Gasteiger partial charge in [0, 0.05) is 16.9 Å². The fourth-order valence-corrected chi connectivity index (χ4v) is 2.15. The van der Waals surface area contributed by atoms with E-state index in [2.05, 4.69) is 26.2 Å². The molecule has 1 unspecified atom stereocenters. The van der Waals surface area contributed by atoms with Gasteiger partial charge >= 0.3 is 0 Å². The van der Waals surface area contributed by atoms with Crippen LogP contribution in [0.3, 0.4) is 0 Å². The molecule has 1 aromatic carbocycles. The van der Waals surface area contributed by atoms with E-state index in [1.165, 1.54) is 0 Å². The van der Waals surface area contributed by atoms with E-state index in [1.54, 1.807) is 31.5 Å². The molecular formula is C14H11BrF2N2O. The second-order valence-electron chi connectivity index (χ2n) is 4.23. The molecule has 1 N–H and O–H groups in total. The molecule has 0 fully saturated rings. The molecular weight excluding hydrogens is 330 g/mol. The van der Waals surface area contributed by atoms with Gasteiger partial charge in [-0.25, -0.2) is 8.78 Å². The zero-order valence-corrected chi connectivity index (χ0v) is 12.1. The van der Waals surface area contributed by atoms with Gasteiger partial charge in [-0.15, -0.1) is 0 Å². The lowest BCUT2D eigenvalue weighted by Crippen LogP contribution is -2.28. The minimum absolute atomic E-state index is 0.240. The van der Waals surface area contributed by atoms with E-state index in [1.807, 2.05) is 0 Å². The van der Waals surface area contributed by atoms with Gasteiger partial charge in [0.1, 0.15) is 17.2 Å². The number of halogens is 3. The number of nitrogens with one attached hydrogen (secondary N) is 1. The molecule has 1 heterocycles. The van der Waals surface area contributed by atoms with Crippen molar-refractivity contribution < 1.29 is 13.6 Å². The molecule has 0 radical (unpaired) electrons. The summed E-state index contributed by atoms with van der Waals surface area (Å²) in [4.78, 5) is 15.9. The van der Waals surface area contributed by atoms with Gasteiger partial charge in [0.2, 0.25) is 0 Å². The van der Waals surface area contributed by atoms with E-state index in [9.17, 15) is 13.6 Å². The van der Waals surface area contributed by atoms with Gasteiger partial charge in [0.05, 0.1) is 6.04 Å². The number of carbonyl (C=O) groups excluding carboxylic acids is 1. The lowest BCUT2D eigenvalue weighted by molar-refractivity contribution is 0.0931. The summed E-state index contributed by atoms with van der Waals surface area (Å²) in [6.07, 6.45) is 3.19. The normalized spacial score (nSPS) is 12.0. The molecule has 0 saturated heterocycles. The van der Waals surface area contributed by atoms with Crippen LogP contribution in [0, 0.1) is 11.6 Å². The highest BCUT2D eigenvalue weighted by atomic mass is 79.9. The zero-order chi connectivity index (χ0) is 14.7. The molecule has 3 nitrogen and oxygen atoms in total. The van der Waals surface area contributed by atoms with Crippen molar-refractivity contribution in [2.45, 2.75) is 13.0 Å². The van der Waals surface area contributed by atoms with Gasteiger partial charge in [-0.3, -0.25) is 9.78 Å². The van der Waals surface area contributed by atoms with Crippen molar-refractivity contribution in [3.63, 3.8) is 0 Å². The third-order valence-electron chi connectivity index (χ3n) is 2.77. The fourth-order valence-electron chi connectivity index (χ4n) is 1.74. The minimum Gasteiger partial charge on any atom is -0.345 e. The standard InChI is InChI=1S/C14H11BrF2N2O/c1-8(9-3-2-4-18-7-9)19-14(20)13-11(16)5-10(15)6-12(13)17/h2-8H,1H3,(H,19,20). The topological polar surface area (TPSA) is 42.0 Å². The minimum atomic E-state index is -0.909. The van der Waals surface area contributed by atoms with Gasteiger partial charge in [-0.05, 0) is 30.7 Å². The molecule has 2 rings (SSSR count). The highest BCUT2D eigenvalue weighted by molar-refractivity contribution is 9.10. The maximum atomic E-state index is 13.7. The Morgan fingerprint density at radius 1 is 1.35 bits per heavy atom. The van der Waals surface area contributed by atoms with E-state index < -0.39 is 29.1 Å². The lowest BCUT2D eigenvalue weighted by Gasteiger charge is -2.14. The summed E-state index contributed by atoms with van der Waals surface area (Å²) < 4.78 is 27.6. The molecule has 1 aromatic heterocycles. The quantitative estimate of drug-likeness (QED) is 0.927. The highest BCUT2D eigenvalue weighted by Gasteiger charge is 2.20. The summed E-state index contributed by atoms with van der Waals surface area (Å²) >= 11 is 2.96. The first-order valence-corrected chi connectivity index (χ1v) is 6.63. The molecule has 0 aliphatic heterocycles. The Morgan fingerprint density at radius 2 is 2.00 bits per heavy atom. The van der Waals surface area contributed by atoms with Crippen LogP contribution in [0.1, 0.15) is 28.9 Å². The highest BCUT2D eigenvalue weighted by Crippen LogP contribution is 2.20. The summed E-state index contributed by atoms with van der Waals surface area (Å²) in [5.41, 5.74) is 0.155. The number of aromatic nitrogens is 1. The molecule has 1 atom stereocenters. The number of benzene rings is 1. The third-order valence-corrected chi connectivity index (χ3v) is 3.22. The van der Waals surface area contributed by atoms with E-state index in [0.717, 1.165) is 17.7 Å². The number of pyridine rings is 1. The first-order chi connectivity index (χ1) is 9.49. The average molecular weight is 341 g/mol. The van der Waals surface area contributed by atoms with Crippen LogP contribution in [0.2, 0.25) is 0 Å². The largest absolute Gasteiger partial charge is 0.345 e. The van der Waals surface area contributed by atoms with Crippen LogP contribution in [0.4, 0.5) is 8.78 Å². The van der Waals surface area contributed by atoms with Gasteiger partial charge in [-0.2, -0.15) is 0 Å². The van der Waals surface area contributed by atoms with Crippen molar-refractivity contribution in [1.82, 2.24) is 10.3 Å². The number of rotatable bonds is 3. The second kappa shape index (κ2) is 6.09. The molecule has 104 valence electrons. The molecule has 2 aromatic rings. The summed E-state index contributed by atoms with van der Waals surface area (Å²) in [6, 6.07) is 5.18. The first-order valence-electron chi connectivity index (χ1n) is 5.84. The first kappa shape index (κ1) is 14.6. The van der Waals surface area contributed by atoms with Crippen LogP contribution in [0.25, 0.3) is 0 Å². The number of nitrogens with zero attached hydrogens (tertiary/aromatic N) is 1. The van der Waals surface area contributed by atoms with Gasteiger partial charge in [-0.1, -0.05) is 22.0 Å². The molecule has 0 spiro atoms. The zero-order valence-electron chi connectivity index (χ0n) is 10.5. The maximum Gasteiger partial charge on any atom is 0.257 e. The predicted octanol–water partition coefficient (Wildman–Crippen LogP) is 3.61. The van der Waals surface area contributed by atoms with Crippen molar-refractivity contribution in [2.75, 3.05) is 0 Å². The number of amides is 1. The van der Waals surface area contributed by atoms with Crippen LogP contribution < -0.4 is 5.32 Å².